The fraction of sp³-hybridized carbons (Fsp3) is 1.00. The quantitative estimate of drug-likeness (QED) is 0.493. The maximum Gasteiger partial charge on any atom is 0.0700 e. The van der Waals surface area contributed by atoms with Gasteiger partial charge < -0.3 is 20.5 Å². The zero-order chi connectivity index (χ0) is 9.23. The van der Waals surface area contributed by atoms with E-state index in [1.807, 2.05) is 0 Å². The number of ether oxygens (including phenoxy) is 2. The fourth-order valence-electron chi connectivity index (χ4n) is 0.705. The molecule has 0 bridgehead atoms. The van der Waals surface area contributed by atoms with E-state index < -0.39 is 0 Å². The van der Waals surface area contributed by atoms with Crippen LogP contribution in [-0.4, -0.2) is 46.1 Å². The molecule has 0 aliphatic carbocycles. The van der Waals surface area contributed by atoms with E-state index in [1.165, 1.54) is 0 Å². The van der Waals surface area contributed by atoms with Crippen LogP contribution in [0.4, 0.5) is 0 Å². The summed E-state index contributed by atoms with van der Waals surface area (Å²) in [4.78, 5) is 0. The summed E-state index contributed by atoms with van der Waals surface area (Å²) >= 11 is 0. The molecule has 0 aliphatic rings. The van der Waals surface area contributed by atoms with Gasteiger partial charge in [-0.25, -0.2) is 0 Å². The van der Waals surface area contributed by atoms with Crippen molar-refractivity contribution in [3.8, 4) is 0 Å². The molecule has 0 spiro atoms. The molecule has 0 radical (unpaired) electrons. The second-order valence-corrected chi connectivity index (χ2v) is 2.70. The molecule has 0 aliphatic heterocycles. The second kappa shape index (κ2) is 8.93. The third kappa shape index (κ3) is 7.94. The van der Waals surface area contributed by atoms with E-state index in [1.54, 1.807) is 7.11 Å². The lowest BCUT2D eigenvalue weighted by Crippen LogP contribution is -2.35. The van der Waals surface area contributed by atoms with E-state index in [-0.39, 0.29) is 0 Å². The van der Waals surface area contributed by atoms with Crippen molar-refractivity contribution in [2.24, 2.45) is 5.73 Å². The van der Waals surface area contributed by atoms with Gasteiger partial charge in [-0.2, -0.15) is 0 Å². The summed E-state index contributed by atoms with van der Waals surface area (Å²) in [5.74, 6) is 0. The zero-order valence-electron chi connectivity index (χ0n) is 8.01. The largest absolute Gasteiger partial charge is 0.382 e. The molecule has 0 fully saturated rings. The Balaban J connectivity index is 2.90. The van der Waals surface area contributed by atoms with Crippen LogP contribution in [0.3, 0.4) is 0 Å². The first-order valence-electron chi connectivity index (χ1n) is 4.31. The van der Waals surface area contributed by atoms with Crippen molar-refractivity contribution in [2.75, 3.05) is 40.0 Å². The molecule has 74 valence electrons. The smallest absolute Gasteiger partial charge is 0.0700 e. The minimum Gasteiger partial charge on any atom is -0.382 e. The standard InChI is InChI=1S/C8H20N2O2/c1-8(7-9)10-3-4-12-6-5-11-2/h8,10H,3-7,9H2,1-2H3/t8-/m1/s1. The number of methoxy groups -OCH3 is 1. The summed E-state index contributed by atoms with van der Waals surface area (Å²) in [6, 6.07) is 0.371. The zero-order valence-corrected chi connectivity index (χ0v) is 8.01. The van der Waals surface area contributed by atoms with Crippen LogP contribution in [-0.2, 0) is 9.47 Å². The highest BCUT2D eigenvalue weighted by molar-refractivity contribution is 4.59. The molecule has 0 aromatic heterocycles. The number of hydrogen-bond donors (Lipinski definition) is 2. The van der Waals surface area contributed by atoms with Gasteiger partial charge in [0, 0.05) is 26.2 Å². The van der Waals surface area contributed by atoms with Crippen LogP contribution in [0, 0.1) is 0 Å². The number of rotatable bonds is 8. The van der Waals surface area contributed by atoms with Gasteiger partial charge in [0.2, 0.25) is 0 Å². The Hall–Kier alpha value is -0.160. The maximum absolute atomic E-state index is 5.41. The molecule has 0 heterocycles. The summed E-state index contributed by atoms with van der Waals surface area (Å²) in [6.07, 6.45) is 0. The number of nitrogens with two attached hydrogens (primary N) is 1. The third-order valence-corrected chi connectivity index (χ3v) is 1.52. The van der Waals surface area contributed by atoms with Gasteiger partial charge in [0.25, 0.3) is 0 Å². The molecule has 1 atom stereocenters. The van der Waals surface area contributed by atoms with E-state index in [0.29, 0.717) is 32.4 Å². The summed E-state index contributed by atoms with van der Waals surface area (Å²) < 4.78 is 10.1. The fourth-order valence-corrected chi connectivity index (χ4v) is 0.705. The molecule has 0 saturated heterocycles. The molecule has 0 unspecified atom stereocenters. The topological polar surface area (TPSA) is 56.5 Å². The molecule has 4 heteroatoms. The minimum atomic E-state index is 0.371. The third-order valence-electron chi connectivity index (χ3n) is 1.52. The van der Waals surface area contributed by atoms with E-state index in [0.717, 1.165) is 6.54 Å². The summed E-state index contributed by atoms with van der Waals surface area (Å²) in [7, 11) is 1.66. The Labute approximate surface area is 74.4 Å². The van der Waals surface area contributed by atoms with Crippen molar-refractivity contribution in [1.82, 2.24) is 5.32 Å². The summed E-state index contributed by atoms with van der Waals surface area (Å²) in [5.41, 5.74) is 5.41. The number of nitrogens with one attached hydrogen (secondary N) is 1. The van der Waals surface area contributed by atoms with Crippen molar-refractivity contribution in [2.45, 2.75) is 13.0 Å². The molecule has 0 aromatic rings. The van der Waals surface area contributed by atoms with Crippen LogP contribution >= 0.6 is 0 Å². The van der Waals surface area contributed by atoms with Gasteiger partial charge in [0.1, 0.15) is 0 Å². The maximum atomic E-state index is 5.41. The Morgan fingerprint density at radius 1 is 1.33 bits per heavy atom. The van der Waals surface area contributed by atoms with Crippen molar-refractivity contribution >= 4 is 0 Å². The van der Waals surface area contributed by atoms with Crippen LogP contribution in [0.15, 0.2) is 0 Å². The van der Waals surface area contributed by atoms with E-state index in [4.69, 9.17) is 15.2 Å². The number of hydrogen-bond acceptors (Lipinski definition) is 4. The lowest BCUT2D eigenvalue weighted by Gasteiger charge is -2.10. The highest BCUT2D eigenvalue weighted by Crippen LogP contribution is 1.77. The molecule has 12 heavy (non-hydrogen) atoms. The monoisotopic (exact) mass is 176 g/mol. The molecule has 0 rings (SSSR count). The second-order valence-electron chi connectivity index (χ2n) is 2.70. The van der Waals surface area contributed by atoms with Crippen LogP contribution in [0.5, 0.6) is 0 Å². The molecular formula is C8H20N2O2. The SMILES string of the molecule is COCCOCCN[C@H](C)CN. The Bertz CT molecular complexity index is 91.1. The van der Waals surface area contributed by atoms with Crippen LogP contribution < -0.4 is 11.1 Å². The predicted molar refractivity (Wildman–Crippen MR) is 49.2 cm³/mol. The lowest BCUT2D eigenvalue weighted by molar-refractivity contribution is 0.0713. The minimum absolute atomic E-state index is 0.371. The predicted octanol–water partition coefficient (Wildman–Crippen LogP) is -0.414. The first-order chi connectivity index (χ1) is 5.81. The van der Waals surface area contributed by atoms with Gasteiger partial charge in [-0.3, -0.25) is 0 Å². The Morgan fingerprint density at radius 2 is 2.08 bits per heavy atom. The normalized spacial score (nSPS) is 13.2. The summed E-state index contributed by atoms with van der Waals surface area (Å²) in [5, 5.41) is 3.22. The lowest BCUT2D eigenvalue weighted by atomic mass is 10.3. The van der Waals surface area contributed by atoms with Crippen molar-refractivity contribution in [1.29, 1.82) is 0 Å². The van der Waals surface area contributed by atoms with Gasteiger partial charge in [-0.1, -0.05) is 0 Å². The van der Waals surface area contributed by atoms with Gasteiger partial charge in [0.15, 0.2) is 0 Å². The van der Waals surface area contributed by atoms with E-state index in [2.05, 4.69) is 12.2 Å². The first-order valence-corrected chi connectivity index (χ1v) is 4.31. The summed E-state index contributed by atoms with van der Waals surface area (Å²) in [6.45, 7) is 5.60. The van der Waals surface area contributed by atoms with Gasteiger partial charge in [-0.15, -0.1) is 0 Å². The molecule has 0 amide bonds. The van der Waals surface area contributed by atoms with Crippen molar-refractivity contribution in [3.63, 3.8) is 0 Å². The van der Waals surface area contributed by atoms with Crippen molar-refractivity contribution in [3.05, 3.63) is 0 Å². The highest BCUT2D eigenvalue weighted by atomic mass is 16.5. The molecular weight excluding hydrogens is 156 g/mol. The van der Waals surface area contributed by atoms with Crippen molar-refractivity contribution < 1.29 is 9.47 Å². The van der Waals surface area contributed by atoms with Gasteiger partial charge in [-0.05, 0) is 6.92 Å². The van der Waals surface area contributed by atoms with Crippen LogP contribution in [0.25, 0.3) is 0 Å². The average Bonchev–Trinajstić information content (AvgIpc) is 2.10. The molecule has 0 saturated carbocycles. The van der Waals surface area contributed by atoms with Gasteiger partial charge in [0.05, 0.1) is 19.8 Å². The van der Waals surface area contributed by atoms with E-state index >= 15 is 0 Å². The average molecular weight is 176 g/mol. The molecule has 0 aromatic carbocycles. The Morgan fingerprint density at radius 3 is 2.67 bits per heavy atom. The van der Waals surface area contributed by atoms with Crippen LogP contribution in [0.2, 0.25) is 0 Å². The molecule has 3 N–H and O–H groups in total. The van der Waals surface area contributed by atoms with E-state index in [9.17, 15) is 0 Å². The first kappa shape index (κ1) is 11.8. The molecule has 4 nitrogen and oxygen atoms in total. The highest BCUT2D eigenvalue weighted by Gasteiger charge is 1.95. The Kier molecular flexibility index (Phi) is 8.81. The van der Waals surface area contributed by atoms with Gasteiger partial charge >= 0.3 is 0 Å². The van der Waals surface area contributed by atoms with Crippen LogP contribution in [0.1, 0.15) is 6.92 Å².